The van der Waals surface area contributed by atoms with E-state index in [0.29, 0.717) is 0 Å². The van der Waals surface area contributed by atoms with Gasteiger partial charge in [0.25, 0.3) is 0 Å². The summed E-state index contributed by atoms with van der Waals surface area (Å²) in [5.74, 6) is 0. The van der Waals surface area contributed by atoms with Gasteiger partial charge in [-0.3, -0.25) is 5.01 Å². The molecule has 2 aliphatic rings. The average molecular weight is 134 g/mol. The van der Waals surface area contributed by atoms with E-state index in [9.17, 15) is 0 Å². The average Bonchev–Trinajstić information content (AvgIpc) is 2.05. The lowest BCUT2D eigenvalue weighted by molar-refractivity contribution is 0.329. The molecule has 0 saturated carbocycles. The van der Waals surface area contributed by atoms with Crippen LogP contribution in [0.5, 0.6) is 0 Å². The first kappa shape index (κ1) is 5.74. The zero-order valence-corrected chi connectivity index (χ0v) is 5.75. The minimum absolute atomic E-state index is 1.04. The van der Waals surface area contributed by atoms with Gasteiger partial charge >= 0.3 is 0 Å². The number of nitrogens with one attached hydrogen (secondary N) is 1. The summed E-state index contributed by atoms with van der Waals surface area (Å²) >= 11 is 0. The molecule has 0 fully saturated rings. The lowest BCUT2D eigenvalue weighted by Gasteiger charge is -2.27. The molecule has 10 heavy (non-hydrogen) atoms. The second-order valence-electron chi connectivity index (χ2n) is 2.40. The highest BCUT2D eigenvalue weighted by molar-refractivity contribution is 5.27. The summed E-state index contributed by atoms with van der Waals surface area (Å²) in [6, 6.07) is 0. The van der Waals surface area contributed by atoms with Crippen molar-refractivity contribution in [3.63, 3.8) is 0 Å². The number of nitrogens with zero attached hydrogens (tertiary/aromatic N) is 1. The van der Waals surface area contributed by atoms with Crippen molar-refractivity contribution in [3.8, 4) is 0 Å². The van der Waals surface area contributed by atoms with Crippen LogP contribution in [0, 0.1) is 0 Å². The van der Waals surface area contributed by atoms with E-state index < -0.39 is 0 Å². The second kappa shape index (κ2) is 2.31. The SMILES string of the molecule is C1=CC2=CCCNN2C=C1. The van der Waals surface area contributed by atoms with Gasteiger partial charge in [-0.2, -0.15) is 0 Å². The molecule has 0 aliphatic carbocycles. The van der Waals surface area contributed by atoms with E-state index in [0.717, 1.165) is 13.0 Å². The fourth-order valence-corrected chi connectivity index (χ4v) is 1.17. The molecule has 0 radical (unpaired) electrons. The Morgan fingerprint density at radius 3 is 3.30 bits per heavy atom. The first-order valence-corrected chi connectivity index (χ1v) is 3.54. The molecule has 0 atom stereocenters. The van der Waals surface area contributed by atoms with E-state index >= 15 is 0 Å². The molecule has 52 valence electrons. The fourth-order valence-electron chi connectivity index (χ4n) is 1.17. The Morgan fingerprint density at radius 1 is 1.40 bits per heavy atom. The maximum Gasteiger partial charge on any atom is 0.0531 e. The maximum atomic E-state index is 3.25. The molecular formula is C8H10N2. The molecule has 0 unspecified atom stereocenters. The van der Waals surface area contributed by atoms with Crippen molar-refractivity contribution in [2.75, 3.05) is 6.54 Å². The molecule has 2 aliphatic heterocycles. The molecule has 2 heteroatoms. The molecular weight excluding hydrogens is 124 g/mol. The number of hydrogen-bond donors (Lipinski definition) is 1. The van der Waals surface area contributed by atoms with Crippen LogP contribution in [-0.2, 0) is 0 Å². The van der Waals surface area contributed by atoms with Crippen molar-refractivity contribution in [1.29, 1.82) is 0 Å². The molecule has 0 aromatic heterocycles. The van der Waals surface area contributed by atoms with Crippen LogP contribution in [0.3, 0.4) is 0 Å². The summed E-state index contributed by atoms with van der Waals surface area (Å²) in [5.41, 5.74) is 4.51. The Morgan fingerprint density at radius 2 is 2.40 bits per heavy atom. The van der Waals surface area contributed by atoms with E-state index in [1.165, 1.54) is 5.70 Å². The van der Waals surface area contributed by atoms with Gasteiger partial charge in [-0.25, -0.2) is 5.43 Å². The third-order valence-corrected chi connectivity index (χ3v) is 1.67. The van der Waals surface area contributed by atoms with E-state index in [1.54, 1.807) is 0 Å². The third-order valence-electron chi connectivity index (χ3n) is 1.67. The van der Waals surface area contributed by atoms with Crippen LogP contribution in [0.1, 0.15) is 6.42 Å². The van der Waals surface area contributed by atoms with Crippen LogP contribution in [0.25, 0.3) is 0 Å². The largest absolute Gasteiger partial charge is 0.285 e. The van der Waals surface area contributed by atoms with Crippen LogP contribution < -0.4 is 5.43 Å². The fraction of sp³-hybridized carbons (Fsp3) is 0.250. The van der Waals surface area contributed by atoms with Crippen LogP contribution in [0.4, 0.5) is 0 Å². The van der Waals surface area contributed by atoms with Gasteiger partial charge in [-0.15, -0.1) is 0 Å². The van der Waals surface area contributed by atoms with Crippen LogP contribution in [-0.4, -0.2) is 11.6 Å². The van der Waals surface area contributed by atoms with E-state index in [1.807, 2.05) is 17.3 Å². The number of fused-ring (bicyclic) bond motifs is 1. The summed E-state index contributed by atoms with van der Waals surface area (Å²) in [6.07, 6.45) is 11.6. The number of hydrogen-bond acceptors (Lipinski definition) is 2. The lowest BCUT2D eigenvalue weighted by atomic mass is 10.2. The Bertz CT molecular complexity index is 213. The minimum atomic E-state index is 1.04. The molecule has 0 saturated heterocycles. The summed E-state index contributed by atoms with van der Waals surface area (Å²) < 4.78 is 0. The Labute approximate surface area is 60.5 Å². The van der Waals surface area contributed by atoms with Gasteiger partial charge in [-0.1, -0.05) is 12.2 Å². The lowest BCUT2D eigenvalue weighted by Crippen LogP contribution is -2.36. The van der Waals surface area contributed by atoms with Crippen LogP contribution in [0.15, 0.2) is 36.2 Å². The van der Waals surface area contributed by atoms with Gasteiger partial charge < -0.3 is 0 Å². The molecule has 0 aromatic carbocycles. The molecule has 0 aromatic rings. The van der Waals surface area contributed by atoms with Crippen molar-refractivity contribution in [2.24, 2.45) is 0 Å². The summed E-state index contributed by atoms with van der Waals surface area (Å²) in [4.78, 5) is 0. The number of hydrazine groups is 1. The first-order chi connectivity index (χ1) is 4.97. The number of rotatable bonds is 0. The number of allylic oxidation sites excluding steroid dienone is 3. The molecule has 0 bridgehead atoms. The smallest absolute Gasteiger partial charge is 0.0531 e. The van der Waals surface area contributed by atoms with Crippen molar-refractivity contribution in [2.45, 2.75) is 6.42 Å². The Hall–Kier alpha value is -1.02. The third kappa shape index (κ3) is 0.866. The predicted octanol–water partition coefficient (Wildman–Crippen LogP) is 1.16. The molecule has 2 rings (SSSR count). The van der Waals surface area contributed by atoms with Gasteiger partial charge in [0.05, 0.1) is 5.70 Å². The summed E-state index contributed by atoms with van der Waals surface area (Å²) in [7, 11) is 0. The van der Waals surface area contributed by atoms with Crippen LogP contribution in [0.2, 0.25) is 0 Å². The summed E-state index contributed by atoms with van der Waals surface area (Å²) in [5, 5.41) is 2.05. The maximum absolute atomic E-state index is 3.25. The molecule has 0 spiro atoms. The van der Waals surface area contributed by atoms with Crippen molar-refractivity contribution in [3.05, 3.63) is 36.2 Å². The highest BCUT2D eigenvalue weighted by Crippen LogP contribution is 2.12. The minimum Gasteiger partial charge on any atom is -0.285 e. The molecule has 1 N–H and O–H groups in total. The second-order valence-corrected chi connectivity index (χ2v) is 2.40. The van der Waals surface area contributed by atoms with Crippen molar-refractivity contribution >= 4 is 0 Å². The Kier molecular flexibility index (Phi) is 1.32. The zero-order valence-electron chi connectivity index (χ0n) is 5.75. The topological polar surface area (TPSA) is 15.3 Å². The van der Waals surface area contributed by atoms with Gasteiger partial charge in [0, 0.05) is 12.7 Å². The van der Waals surface area contributed by atoms with E-state index in [4.69, 9.17) is 0 Å². The van der Waals surface area contributed by atoms with Gasteiger partial charge in [-0.05, 0) is 18.6 Å². The molecule has 2 nitrogen and oxygen atoms in total. The molecule has 0 amide bonds. The predicted molar refractivity (Wildman–Crippen MR) is 40.8 cm³/mol. The Balaban J connectivity index is 2.27. The van der Waals surface area contributed by atoms with Gasteiger partial charge in [0.2, 0.25) is 0 Å². The van der Waals surface area contributed by atoms with Gasteiger partial charge in [0.15, 0.2) is 0 Å². The molecule has 2 heterocycles. The summed E-state index contributed by atoms with van der Waals surface area (Å²) in [6.45, 7) is 1.04. The van der Waals surface area contributed by atoms with E-state index in [-0.39, 0.29) is 0 Å². The first-order valence-electron chi connectivity index (χ1n) is 3.54. The normalized spacial score (nSPS) is 22.4. The zero-order chi connectivity index (χ0) is 6.81. The monoisotopic (exact) mass is 134 g/mol. The van der Waals surface area contributed by atoms with Crippen molar-refractivity contribution in [1.82, 2.24) is 10.4 Å². The van der Waals surface area contributed by atoms with E-state index in [2.05, 4.69) is 23.7 Å². The highest BCUT2D eigenvalue weighted by atomic mass is 15.5. The van der Waals surface area contributed by atoms with Gasteiger partial charge in [0.1, 0.15) is 0 Å². The quantitative estimate of drug-likeness (QED) is 0.535. The van der Waals surface area contributed by atoms with Crippen LogP contribution >= 0.6 is 0 Å². The van der Waals surface area contributed by atoms with Crippen molar-refractivity contribution < 1.29 is 0 Å². The standard InChI is InChI=1S/C8H10N2/c1-2-7-10-8(4-1)5-3-6-9-10/h1-2,4-5,7,9H,3,6H2. The highest BCUT2D eigenvalue weighted by Gasteiger charge is 2.08.